The number of amides is 1. The molecule has 1 amide bonds. The van der Waals surface area contributed by atoms with Gasteiger partial charge in [0.2, 0.25) is 5.91 Å². The SMILES string of the molecule is Cc1nc(CC(=O)NC2CCCCC2C(C)(C)C)cs1. The fourth-order valence-corrected chi connectivity index (χ4v) is 3.86. The largest absolute Gasteiger partial charge is 0.353 e. The zero-order valence-corrected chi connectivity index (χ0v) is 13.8. The maximum atomic E-state index is 12.2. The summed E-state index contributed by atoms with van der Waals surface area (Å²) in [7, 11) is 0. The smallest absolute Gasteiger partial charge is 0.226 e. The van der Waals surface area contributed by atoms with E-state index in [4.69, 9.17) is 0 Å². The van der Waals surface area contributed by atoms with E-state index in [2.05, 4.69) is 31.1 Å². The van der Waals surface area contributed by atoms with E-state index in [0.29, 0.717) is 18.4 Å². The van der Waals surface area contributed by atoms with Crippen molar-refractivity contribution in [2.75, 3.05) is 0 Å². The van der Waals surface area contributed by atoms with Crippen molar-refractivity contribution in [1.29, 1.82) is 0 Å². The molecule has 2 atom stereocenters. The summed E-state index contributed by atoms with van der Waals surface area (Å²) in [6.45, 7) is 8.83. The average Bonchev–Trinajstić information content (AvgIpc) is 2.73. The zero-order valence-electron chi connectivity index (χ0n) is 13.0. The number of hydrogen-bond donors (Lipinski definition) is 1. The highest BCUT2D eigenvalue weighted by Crippen LogP contribution is 2.37. The van der Waals surface area contributed by atoms with Gasteiger partial charge in [0.05, 0.1) is 17.1 Å². The number of nitrogens with one attached hydrogen (secondary N) is 1. The number of rotatable bonds is 3. The summed E-state index contributed by atoms with van der Waals surface area (Å²) in [6, 6.07) is 0.330. The van der Waals surface area contributed by atoms with E-state index >= 15 is 0 Å². The Bertz CT molecular complexity index is 461. The highest BCUT2D eigenvalue weighted by molar-refractivity contribution is 7.09. The first kappa shape index (κ1) is 15.5. The molecular formula is C16H26N2OS. The molecule has 1 aliphatic rings. The number of hydrogen-bond acceptors (Lipinski definition) is 3. The number of aryl methyl sites for hydroxylation is 1. The summed E-state index contributed by atoms with van der Waals surface area (Å²) >= 11 is 1.61. The van der Waals surface area contributed by atoms with Crippen LogP contribution in [0.2, 0.25) is 0 Å². The lowest BCUT2D eigenvalue weighted by atomic mass is 9.69. The minimum Gasteiger partial charge on any atom is -0.353 e. The standard InChI is InChI=1S/C16H26N2OS/c1-11-17-12(10-20-11)9-15(19)18-14-8-6-5-7-13(14)16(2,3)4/h10,13-14H,5-9H2,1-4H3,(H,18,19). The summed E-state index contributed by atoms with van der Waals surface area (Å²) in [5.74, 6) is 0.703. The van der Waals surface area contributed by atoms with Gasteiger partial charge in [0.1, 0.15) is 0 Å². The first-order valence-electron chi connectivity index (χ1n) is 7.56. The molecule has 3 nitrogen and oxygen atoms in total. The number of carbonyl (C=O) groups is 1. The summed E-state index contributed by atoms with van der Waals surface area (Å²) in [5.41, 5.74) is 1.16. The van der Waals surface area contributed by atoms with Gasteiger partial charge in [-0.3, -0.25) is 4.79 Å². The Morgan fingerprint density at radius 2 is 2.10 bits per heavy atom. The van der Waals surface area contributed by atoms with Crippen molar-refractivity contribution in [2.24, 2.45) is 11.3 Å². The quantitative estimate of drug-likeness (QED) is 0.923. The second kappa shape index (κ2) is 6.25. The van der Waals surface area contributed by atoms with E-state index in [-0.39, 0.29) is 11.3 Å². The molecule has 1 saturated carbocycles. The Morgan fingerprint density at radius 3 is 2.70 bits per heavy atom. The maximum Gasteiger partial charge on any atom is 0.226 e. The van der Waals surface area contributed by atoms with Gasteiger partial charge in [0, 0.05) is 11.4 Å². The Balaban J connectivity index is 1.94. The second-order valence-electron chi connectivity index (χ2n) is 6.97. The molecule has 20 heavy (non-hydrogen) atoms. The molecule has 0 aromatic carbocycles. The van der Waals surface area contributed by atoms with E-state index in [9.17, 15) is 4.79 Å². The molecule has 0 bridgehead atoms. The van der Waals surface area contributed by atoms with E-state index in [0.717, 1.165) is 17.1 Å². The highest BCUT2D eigenvalue weighted by Gasteiger charge is 2.34. The molecule has 0 saturated heterocycles. The van der Waals surface area contributed by atoms with Crippen molar-refractivity contribution in [3.8, 4) is 0 Å². The third-order valence-electron chi connectivity index (χ3n) is 4.23. The van der Waals surface area contributed by atoms with E-state index in [1.165, 1.54) is 19.3 Å². The molecule has 2 rings (SSSR count). The van der Waals surface area contributed by atoms with Crippen LogP contribution < -0.4 is 5.32 Å². The molecule has 1 aliphatic carbocycles. The Hall–Kier alpha value is -0.900. The van der Waals surface area contributed by atoms with Gasteiger partial charge in [0.15, 0.2) is 0 Å². The molecule has 1 fully saturated rings. The lowest BCUT2D eigenvalue weighted by molar-refractivity contribution is -0.122. The monoisotopic (exact) mass is 294 g/mol. The van der Waals surface area contributed by atoms with Crippen LogP contribution in [0, 0.1) is 18.3 Å². The summed E-state index contributed by atoms with van der Waals surface area (Å²) in [6.07, 6.45) is 5.28. The van der Waals surface area contributed by atoms with Crippen LogP contribution in [-0.2, 0) is 11.2 Å². The third kappa shape index (κ3) is 4.05. The lowest BCUT2D eigenvalue weighted by Crippen LogP contribution is -2.47. The van der Waals surface area contributed by atoms with Crippen LogP contribution >= 0.6 is 11.3 Å². The fourth-order valence-electron chi connectivity index (χ4n) is 3.25. The van der Waals surface area contributed by atoms with Crippen LogP contribution in [0.4, 0.5) is 0 Å². The molecule has 0 aliphatic heterocycles. The van der Waals surface area contributed by atoms with Crippen molar-refractivity contribution in [3.05, 3.63) is 16.1 Å². The van der Waals surface area contributed by atoms with Gasteiger partial charge in [-0.2, -0.15) is 0 Å². The van der Waals surface area contributed by atoms with E-state index in [1.54, 1.807) is 11.3 Å². The van der Waals surface area contributed by atoms with Gasteiger partial charge in [-0.1, -0.05) is 33.6 Å². The summed E-state index contributed by atoms with van der Waals surface area (Å²) < 4.78 is 0. The molecule has 1 heterocycles. The minimum atomic E-state index is 0.122. The minimum absolute atomic E-state index is 0.122. The van der Waals surface area contributed by atoms with Crippen LogP contribution in [0.5, 0.6) is 0 Å². The van der Waals surface area contributed by atoms with Gasteiger partial charge >= 0.3 is 0 Å². The molecule has 4 heteroatoms. The van der Waals surface area contributed by atoms with E-state index in [1.807, 2.05) is 12.3 Å². The molecule has 1 aromatic heterocycles. The Kier molecular flexibility index (Phi) is 4.84. The normalized spacial score (nSPS) is 23.6. The summed E-state index contributed by atoms with van der Waals surface area (Å²) in [5, 5.41) is 6.27. The summed E-state index contributed by atoms with van der Waals surface area (Å²) in [4.78, 5) is 16.6. The molecule has 112 valence electrons. The van der Waals surface area contributed by atoms with Crippen molar-refractivity contribution in [2.45, 2.75) is 65.8 Å². The van der Waals surface area contributed by atoms with Gasteiger partial charge in [-0.15, -0.1) is 11.3 Å². The number of carbonyl (C=O) groups excluding carboxylic acids is 1. The number of nitrogens with zero attached hydrogens (tertiary/aromatic N) is 1. The average molecular weight is 294 g/mol. The van der Waals surface area contributed by atoms with Crippen molar-refractivity contribution < 1.29 is 4.79 Å². The van der Waals surface area contributed by atoms with Crippen LogP contribution in [0.1, 0.15) is 57.2 Å². The first-order valence-corrected chi connectivity index (χ1v) is 8.44. The topological polar surface area (TPSA) is 42.0 Å². The zero-order chi connectivity index (χ0) is 14.8. The highest BCUT2D eigenvalue weighted by atomic mass is 32.1. The molecule has 1 N–H and O–H groups in total. The van der Waals surface area contributed by atoms with Crippen molar-refractivity contribution in [3.63, 3.8) is 0 Å². The van der Waals surface area contributed by atoms with Crippen LogP contribution in [0.25, 0.3) is 0 Å². The number of thiazole rings is 1. The van der Waals surface area contributed by atoms with Gasteiger partial charge in [-0.25, -0.2) is 4.98 Å². The lowest BCUT2D eigenvalue weighted by Gasteiger charge is -2.40. The van der Waals surface area contributed by atoms with E-state index < -0.39 is 0 Å². The predicted molar refractivity (Wildman–Crippen MR) is 83.9 cm³/mol. The van der Waals surface area contributed by atoms with Crippen LogP contribution in [0.15, 0.2) is 5.38 Å². The van der Waals surface area contributed by atoms with Gasteiger partial charge in [-0.05, 0) is 31.1 Å². The van der Waals surface area contributed by atoms with Gasteiger partial charge < -0.3 is 5.32 Å². The molecule has 0 spiro atoms. The molecule has 1 aromatic rings. The van der Waals surface area contributed by atoms with Crippen LogP contribution in [0.3, 0.4) is 0 Å². The Morgan fingerprint density at radius 1 is 1.40 bits per heavy atom. The maximum absolute atomic E-state index is 12.2. The van der Waals surface area contributed by atoms with Crippen molar-refractivity contribution >= 4 is 17.2 Å². The van der Waals surface area contributed by atoms with Crippen molar-refractivity contribution in [1.82, 2.24) is 10.3 Å². The Labute approximate surface area is 126 Å². The number of aromatic nitrogens is 1. The first-order chi connectivity index (χ1) is 9.36. The van der Waals surface area contributed by atoms with Crippen LogP contribution in [-0.4, -0.2) is 16.9 Å². The molecular weight excluding hydrogens is 268 g/mol. The van der Waals surface area contributed by atoms with Gasteiger partial charge in [0.25, 0.3) is 0 Å². The molecule has 0 radical (unpaired) electrons. The molecule has 2 unspecified atom stereocenters. The third-order valence-corrected chi connectivity index (χ3v) is 5.06. The predicted octanol–water partition coefficient (Wildman–Crippen LogP) is 3.72. The second-order valence-corrected chi connectivity index (χ2v) is 8.03. The fraction of sp³-hybridized carbons (Fsp3) is 0.750.